The van der Waals surface area contributed by atoms with Crippen LogP contribution in [0.25, 0.3) is 22.1 Å². The van der Waals surface area contributed by atoms with E-state index in [0.717, 1.165) is 17.0 Å². The summed E-state index contributed by atoms with van der Waals surface area (Å²) in [6.45, 7) is 0.223. The Morgan fingerprint density at radius 1 is 1.14 bits per heavy atom. The van der Waals surface area contributed by atoms with Crippen LogP contribution in [0.2, 0.25) is 10.0 Å². The Balaban J connectivity index is 1.49. The van der Waals surface area contributed by atoms with Crippen LogP contribution in [0.3, 0.4) is 0 Å². The van der Waals surface area contributed by atoms with E-state index in [4.69, 9.17) is 38.2 Å². The first-order valence-corrected chi connectivity index (χ1v) is 11.6. The number of nitrogens with two attached hydrogens (primary N) is 1. The minimum absolute atomic E-state index is 0.0227. The van der Waals surface area contributed by atoms with Crippen molar-refractivity contribution in [1.82, 2.24) is 10.1 Å². The number of ether oxygens (including phenoxy) is 1. The van der Waals surface area contributed by atoms with Crippen molar-refractivity contribution in [3.63, 3.8) is 0 Å². The molecule has 184 valence electrons. The summed E-state index contributed by atoms with van der Waals surface area (Å²) in [5.41, 5.74) is 7.31. The summed E-state index contributed by atoms with van der Waals surface area (Å²) in [6, 6.07) is 11.3. The molecule has 0 spiro atoms. The van der Waals surface area contributed by atoms with E-state index in [9.17, 15) is 14.7 Å². The highest BCUT2D eigenvalue weighted by molar-refractivity contribution is 6.32. The van der Waals surface area contributed by atoms with Gasteiger partial charge in [0.1, 0.15) is 23.4 Å². The number of likely N-dealkylation sites (tertiary alicyclic amines) is 1. The summed E-state index contributed by atoms with van der Waals surface area (Å²) in [4.78, 5) is 25.5. The lowest BCUT2D eigenvalue weighted by Crippen LogP contribution is -2.40. The van der Waals surface area contributed by atoms with Crippen molar-refractivity contribution in [3.05, 3.63) is 70.0 Å². The van der Waals surface area contributed by atoms with Gasteiger partial charge in [-0.05, 0) is 54.8 Å². The molecule has 5 rings (SSSR count). The molecule has 1 aliphatic heterocycles. The summed E-state index contributed by atoms with van der Waals surface area (Å²) in [7, 11) is 0. The molecule has 0 unspecified atom stereocenters. The zero-order chi connectivity index (χ0) is 25.6. The number of hydrogen-bond donors (Lipinski definition) is 2. The summed E-state index contributed by atoms with van der Waals surface area (Å²) in [6.07, 6.45) is 0.828. The lowest BCUT2D eigenvalue weighted by atomic mass is 10.0. The van der Waals surface area contributed by atoms with E-state index in [0.29, 0.717) is 45.7 Å². The average Bonchev–Trinajstić information content (AvgIpc) is 3.49. The molecule has 1 amide bonds. The molecule has 4 aromatic rings. The molecule has 3 N–H and O–H groups in total. The lowest BCUT2D eigenvalue weighted by molar-refractivity contribution is -0.141. The van der Waals surface area contributed by atoms with Crippen molar-refractivity contribution in [2.75, 3.05) is 12.3 Å². The second-order valence-electron chi connectivity index (χ2n) is 8.28. The van der Waals surface area contributed by atoms with Crippen molar-refractivity contribution in [3.8, 4) is 22.6 Å². The molecule has 1 aliphatic rings. The van der Waals surface area contributed by atoms with E-state index in [2.05, 4.69) is 5.16 Å². The molecular formula is C25H18Cl2FN3O5. The van der Waals surface area contributed by atoms with E-state index in [1.807, 2.05) is 0 Å². The van der Waals surface area contributed by atoms with Crippen LogP contribution in [0.4, 0.5) is 10.2 Å². The second-order valence-corrected chi connectivity index (χ2v) is 9.12. The maximum Gasteiger partial charge on any atom is 0.326 e. The molecule has 3 aromatic carbocycles. The number of rotatable bonds is 5. The number of aromatic nitrogens is 1. The third-order valence-electron chi connectivity index (χ3n) is 6.02. The van der Waals surface area contributed by atoms with E-state index < -0.39 is 23.7 Å². The maximum atomic E-state index is 15.0. The van der Waals surface area contributed by atoms with Gasteiger partial charge in [-0.2, -0.15) is 0 Å². The quantitative estimate of drug-likeness (QED) is 0.325. The summed E-state index contributed by atoms with van der Waals surface area (Å²) in [5, 5.41) is 14.1. The normalized spacial score (nSPS) is 15.4. The van der Waals surface area contributed by atoms with E-state index >= 15 is 4.39 Å². The molecular weight excluding hydrogens is 512 g/mol. The Bertz CT molecular complexity index is 1520. The number of carbonyl (C=O) groups excluding carboxylic acids is 1. The molecule has 0 saturated carbocycles. The first-order valence-electron chi connectivity index (χ1n) is 10.9. The zero-order valence-electron chi connectivity index (χ0n) is 18.5. The highest BCUT2D eigenvalue weighted by atomic mass is 35.5. The number of aliphatic carboxylic acids is 1. The van der Waals surface area contributed by atoms with Crippen molar-refractivity contribution in [2.45, 2.75) is 18.9 Å². The molecule has 0 bridgehead atoms. The van der Waals surface area contributed by atoms with Gasteiger partial charge < -0.3 is 25.0 Å². The number of carbonyl (C=O) groups is 2. The Kier molecular flexibility index (Phi) is 6.19. The van der Waals surface area contributed by atoms with Crippen LogP contribution in [-0.2, 0) is 4.79 Å². The van der Waals surface area contributed by atoms with Crippen LogP contribution in [0, 0.1) is 5.82 Å². The van der Waals surface area contributed by atoms with Crippen LogP contribution in [-0.4, -0.2) is 39.6 Å². The lowest BCUT2D eigenvalue weighted by Gasteiger charge is -2.22. The number of hydrogen-bond acceptors (Lipinski definition) is 6. The predicted molar refractivity (Wildman–Crippen MR) is 132 cm³/mol. The van der Waals surface area contributed by atoms with Gasteiger partial charge in [0.05, 0.1) is 16.0 Å². The van der Waals surface area contributed by atoms with Crippen molar-refractivity contribution in [2.24, 2.45) is 0 Å². The molecule has 0 aliphatic carbocycles. The zero-order valence-corrected chi connectivity index (χ0v) is 20.0. The minimum atomic E-state index is -1.13. The smallest absolute Gasteiger partial charge is 0.326 e. The number of anilines is 1. The van der Waals surface area contributed by atoms with Crippen LogP contribution < -0.4 is 10.5 Å². The van der Waals surface area contributed by atoms with Crippen molar-refractivity contribution < 1.29 is 28.3 Å². The van der Waals surface area contributed by atoms with E-state index in [1.165, 1.54) is 0 Å². The van der Waals surface area contributed by atoms with Gasteiger partial charge in [0.2, 0.25) is 0 Å². The van der Waals surface area contributed by atoms with Crippen LogP contribution in [0.15, 0.2) is 53.1 Å². The number of nitrogens with zero attached hydrogens (tertiary/aromatic N) is 2. The molecule has 0 radical (unpaired) electrons. The Labute approximate surface area is 213 Å². The van der Waals surface area contributed by atoms with Gasteiger partial charge in [0.25, 0.3) is 5.91 Å². The van der Waals surface area contributed by atoms with Crippen molar-refractivity contribution in [1.29, 1.82) is 0 Å². The minimum Gasteiger partial charge on any atom is -0.480 e. The Morgan fingerprint density at radius 2 is 1.94 bits per heavy atom. The van der Waals surface area contributed by atoms with Gasteiger partial charge >= 0.3 is 5.97 Å². The topological polar surface area (TPSA) is 119 Å². The molecule has 1 atom stereocenters. The Hall–Kier alpha value is -3.82. The predicted octanol–water partition coefficient (Wildman–Crippen LogP) is 6.00. The highest BCUT2D eigenvalue weighted by Gasteiger charge is 2.35. The Morgan fingerprint density at radius 3 is 2.72 bits per heavy atom. The summed E-state index contributed by atoms with van der Waals surface area (Å²) in [5.74, 6) is -2.24. The molecule has 2 heterocycles. The highest BCUT2D eigenvalue weighted by Crippen LogP contribution is 2.40. The number of benzene rings is 3. The largest absolute Gasteiger partial charge is 0.480 e. The maximum absolute atomic E-state index is 15.0. The van der Waals surface area contributed by atoms with Gasteiger partial charge in [0, 0.05) is 23.2 Å². The number of carboxylic acids is 1. The summed E-state index contributed by atoms with van der Waals surface area (Å²) < 4.78 is 26.2. The molecule has 8 nitrogen and oxygen atoms in total. The van der Waals surface area contributed by atoms with Gasteiger partial charge in [-0.1, -0.05) is 34.4 Å². The number of halogens is 3. The number of amides is 1. The first-order chi connectivity index (χ1) is 17.2. The first kappa shape index (κ1) is 23.9. The van der Waals surface area contributed by atoms with Gasteiger partial charge in [-0.15, -0.1) is 0 Å². The number of carboxylic acid groups (broad SMARTS) is 1. The van der Waals surface area contributed by atoms with E-state index in [-0.39, 0.29) is 28.7 Å². The average molecular weight is 530 g/mol. The fraction of sp³-hybridized carbons (Fsp3) is 0.160. The molecule has 1 aromatic heterocycles. The van der Waals surface area contributed by atoms with Crippen LogP contribution in [0.5, 0.6) is 11.5 Å². The molecule has 1 fully saturated rings. The third-order valence-corrected chi connectivity index (χ3v) is 6.55. The van der Waals surface area contributed by atoms with E-state index in [1.54, 1.807) is 36.4 Å². The van der Waals surface area contributed by atoms with Crippen molar-refractivity contribution >= 4 is 51.9 Å². The summed E-state index contributed by atoms with van der Waals surface area (Å²) >= 11 is 12.6. The molecule has 1 saturated heterocycles. The molecule has 11 heteroatoms. The van der Waals surface area contributed by atoms with Gasteiger partial charge in [0.15, 0.2) is 11.4 Å². The van der Waals surface area contributed by atoms with Crippen LogP contribution >= 0.6 is 23.2 Å². The standard InChI is InChI=1S/C25H18Cl2FN3O5/c26-13-4-6-20(14(9-13)12-3-5-21-16(8-12)23(29)30-36-21)35-22-11-18(28)15(10-17(22)27)24(32)31-7-1-2-19(31)25(33)34/h3-6,8-11,19H,1-2,7H2,(H2,29,30)(H,33,34)/t19-/m0/s1. The molecule has 36 heavy (non-hydrogen) atoms. The second kappa shape index (κ2) is 9.33. The number of fused-ring (bicyclic) bond motifs is 1. The number of nitrogen functional groups attached to an aromatic ring is 1. The van der Waals surface area contributed by atoms with Gasteiger partial charge in [-0.25, -0.2) is 9.18 Å². The third kappa shape index (κ3) is 4.31. The van der Waals surface area contributed by atoms with Gasteiger partial charge in [-0.3, -0.25) is 4.79 Å². The SMILES string of the molecule is Nc1noc2ccc(-c3cc(Cl)ccc3Oc3cc(F)c(C(=O)N4CCC[C@H]4C(=O)O)cc3Cl)cc12. The monoisotopic (exact) mass is 529 g/mol. The fourth-order valence-corrected chi connectivity index (χ4v) is 4.63. The van der Waals surface area contributed by atoms with Crippen LogP contribution in [0.1, 0.15) is 23.2 Å². The fourth-order valence-electron chi connectivity index (χ4n) is 4.25.